The Kier molecular flexibility index (Phi) is 5.42. The van der Waals surface area contributed by atoms with Crippen LogP contribution in [0.4, 0.5) is 0 Å². The standard InChI is InChI=1S/C20H30N4O4/c1-15(2)13-17(25)22-6-3-20(4-7-22)19-21-5-8-24(19)14-16(28-20)18(26)23-9-11-27-12-10-23/h5,8,15-16H,3-4,6-7,9-14H2,1-2H3. The molecular formula is C20H30N4O4. The third-order valence-corrected chi connectivity index (χ3v) is 5.96. The van der Waals surface area contributed by atoms with Crippen LogP contribution in [0.5, 0.6) is 0 Å². The summed E-state index contributed by atoms with van der Waals surface area (Å²) in [6, 6.07) is 0. The van der Waals surface area contributed by atoms with E-state index in [-0.39, 0.29) is 11.8 Å². The van der Waals surface area contributed by atoms with Crippen LogP contribution in [0.15, 0.2) is 12.4 Å². The molecule has 1 aromatic rings. The van der Waals surface area contributed by atoms with Crippen LogP contribution < -0.4 is 0 Å². The summed E-state index contributed by atoms with van der Waals surface area (Å²) < 4.78 is 13.9. The molecule has 1 aromatic heterocycles. The second-order valence-electron chi connectivity index (χ2n) is 8.42. The van der Waals surface area contributed by atoms with Crippen LogP contribution in [0.3, 0.4) is 0 Å². The van der Waals surface area contributed by atoms with Gasteiger partial charge in [0.05, 0.1) is 19.8 Å². The van der Waals surface area contributed by atoms with Crippen molar-refractivity contribution in [3.63, 3.8) is 0 Å². The van der Waals surface area contributed by atoms with Crippen molar-refractivity contribution in [2.45, 2.75) is 51.4 Å². The highest BCUT2D eigenvalue weighted by atomic mass is 16.5. The van der Waals surface area contributed by atoms with E-state index >= 15 is 0 Å². The van der Waals surface area contributed by atoms with Gasteiger partial charge in [-0.3, -0.25) is 9.59 Å². The van der Waals surface area contributed by atoms with Gasteiger partial charge in [0.15, 0.2) is 6.10 Å². The highest BCUT2D eigenvalue weighted by molar-refractivity contribution is 5.81. The van der Waals surface area contributed by atoms with Gasteiger partial charge in [0, 0.05) is 57.8 Å². The zero-order valence-corrected chi connectivity index (χ0v) is 16.8. The van der Waals surface area contributed by atoms with Gasteiger partial charge in [0.1, 0.15) is 11.4 Å². The van der Waals surface area contributed by atoms with Gasteiger partial charge in [-0.05, 0) is 5.92 Å². The molecule has 0 N–H and O–H groups in total. The first-order chi connectivity index (χ1) is 13.5. The van der Waals surface area contributed by atoms with Crippen molar-refractivity contribution in [1.29, 1.82) is 0 Å². The molecule has 4 rings (SSSR count). The van der Waals surface area contributed by atoms with E-state index in [2.05, 4.69) is 23.4 Å². The number of likely N-dealkylation sites (tertiary alicyclic amines) is 1. The fourth-order valence-corrected chi connectivity index (χ4v) is 4.45. The van der Waals surface area contributed by atoms with E-state index in [0.717, 1.165) is 5.82 Å². The lowest BCUT2D eigenvalue weighted by Gasteiger charge is -2.46. The van der Waals surface area contributed by atoms with E-state index in [9.17, 15) is 9.59 Å². The highest BCUT2D eigenvalue weighted by Crippen LogP contribution is 2.40. The minimum Gasteiger partial charge on any atom is -0.378 e. The summed E-state index contributed by atoms with van der Waals surface area (Å²) in [5, 5.41) is 0. The lowest BCUT2D eigenvalue weighted by Crippen LogP contribution is -2.56. The van der Waals surface area contributed by atoms with Crippen molar-refractivity contribution >= 4 is 11.8 Å². The van der Waals surface area contributed by atoms with Gasteiger partial charge >= 0.3 is 0 Å². The number of rotatable bonds is 3. The number of carbonyl (C=O) groups excluding carboxylic acids is 2. The minimum absolute atomic E-state index is 0.0281. The van der Waals surface area contributed by atoms with Crippen LogP contribution in [0.1, 0.15) is 38.9 Å². The summed E-state index contributed by atoms with van der Waals surface area (Å²) in [4.78, 5) is 33.8. The van der Waals surface area contributed by atoms with Crippen molar-refractivity contribution in [3.8, 4) is 0 Å². The molecule has 2 fully saturated rings. The van der Waals surface area contributed by atoms with Crippen molar-refractivity contribution in [2.24, 2.45) is 5.92 Å². The van der Waals surface area contributed by atoms with E-state index < -0.39 is 11.7 Å². The average molecular weight is 390 g/mol. The number of imidazole rings is 1. The van der Waals surface area contributed by atoms with Gasteiger partial charge in [-0.25, -0.2) is 4.98 Å². The van der Waals surface area contributed by atoms with Crippen LogP contribution in [0.25, 0.3) is 0 Å². The van der Waals surface area contributed by atoms with E-state index in [1.54, 1.807) is 6.20 Å². The summed E-state index contributed by atoms with van der Waals surface area (Å²) >= 11 is 0. The summed E-state index contributed by atoms with van der Waals surface area (Å²) in [5.41, 5.74) is -0.594. The summed E-state index contributed by atoms with van der Waals surface area (Å²) in [6.07, 6.45) is 5.09. The molecule has 1 atom stereocenters. The van der Waals surface area contributed by atoms with Crippen LogP contribution >= 0.6 is 0 Å². The molecule has 0 bridgehead atoms. The molecule has 0 radical (unpaired) electrons. The van der Waals surface area contributed by atoms with Gasteiger partial charge in [0.25, 0.3) is 5.91 Å². The highest BCUT2D eigenvalue weighted by Gasteiger charge is 2.48. The predicted molar refractivity (Wildman–Crippen MR) is 101 cm³/mol. The monoisotopic (exact) mass is 390 g/mol. The fraction of sp³-hybridized carbons (Fsp3) is 0.750. The van der Waals surface area contributed by atoms with Crippen LogP contribution in [-0.4, -0.2) is 76.7 Å². The Bertz CT molecular complexity index is 718. The van der Waals surface area contributed by atoms with E-state index in [4.69, 9.17) is 9.47 Å². The largest absolute Gasteiger partial charge is 0.378 e. The first-order valence-corrected chi connectivity index (χ1v) is 10.3. The Morgan fingerprint density at radius 3 is 2.57 bits per heavy atom. The zero-order valence-electron chi connectivity index (χ0n) is 16.8. The SMILES string of the molecule is CC(C)CC(=O)N1CCC2(CC1)OC(C(=O)N1CCOCC1)Cn1ccnc12. The van der Waals surface area contributed by atoms with Gasteiger partial charge in [-0.1, -0.05) is 13.8 Å². The number of hydrogen-bond acceptors (Lipinski definition) is 5. The molecule has 0 aliphatic carbocycles. The van der Waals surface area contributed by atoms with Crippen LogP contribution in [0.2, 0.25) is 0 Å². The summed E-state index contributed by atoms with van der Waals surface area (Å²) in [5.74, 6) is 1.46. The molecule has 3 aliphatic heterocycles. The number of carbonyl (C=O) groups is 2. The minimum atomic E-state index is -0.594. The molecular weight excluding hydrogens is 360 g/mol. The third-order valence-electron chi connectivity index (χ3n) is 5.96. The molecule has 2 saturated heterocycles. The van der Waals surface area contributed by atoms with E-state index in [0.29, 0.717) is 71.1 Å². The Hall–Kier alpha value is -1.93. The zero-order chi connectivity index (χ0) is 19.7. The second kappa shape index (κ2) is 7.83. The fourth-order valence-electron chi connectivity index (χ4n) is 4.45. The van der Waals surface area contributed by atoms with Crippen molar-refractivity contribution in [2.75, 3.05) is 39.4 Å². The molecule has 0 aromatic carbocycles. The smallest absolute Gasteiger partial charge is 0.253 e. The molecule has 154 valence electrons. The van der Waals surface area contributed by atoms with Crippen LogP contribution in [-0.2, 0) is 31.2 Å². The topological polar surface area (TPSA) is 76.9 Å². The summed E-state index contributed by atoms with van der Waals surface area (Å²) in [7, 11) is 0. The normalized spacial score (nSPS) is 24.5. The lowest BCUT2D eigenvalue weighted by atomic mass is 9.88. The Morgan fingerprint density at radius 1 is 1.18 bits per heavy atom. The van der Waals surface area contributed by atoms with Gasteiger partial charge in [-0.2, -0.15) is 0 Å². The number of hydrogen-bond donors (Lipinski definition) is 0. The molecule has 8 nitrogen and oxygen atoms in total. The van der Waals surface area contributed by atoms with Gasteiger partial charge in [-0.15, -0.1) is 0 Å². The number of ether oxygens (including phenoxy) is 2. The molecule has 0 saturated carbocycles. The first-order valence-electron chi connectivity index (χ1n) is 10.3. The molecule has 3 aliphatic rings. The van der Waals surface area contributed by atoms with Crippen LogP contribution in [0, 0.1) is 5.92 Å². The Labute approximate surface area is 165 Å². The average Bonchev–Trinajstić information content (AvgIpc) is 3.18. The van der Waals surface area contributed by atoms with Crippen molar-refractivity contribution in [3.05, 3.63) is 18.2 Å². The number of piperidine rings is 1. The van der Waals surface area contributed by atoms with E-state index in [1.165, 1.54) is 0 Å². The molecule has 8 heteroatoms. The third kappa shape index (κ3) is 3.67. The lowest BCUT2D eigenvalue weighted by molar-refractivity contribution is -0.185. The maximum atomic E-state index is 13.1. The Morgan fingerprint density at radius 2 is 1.89 bits per heavy atom. The molecule has 28 heavy (non-hydrogen) atoms. The number of nitrogens with zero attached hydrogens (tertiary/aromatic N) is 4. The summed E-state index contributed by atoms with van der Waals surface area (Å²) in [6.45, 7) is 8.26. The van der Waals surface area contributed by atoms with Gasteiger partial charge in [0.2, 0.25) is 5.91 Å². The van der Waals surface area contributed by atoms with E-state index in [1.807, 2.05) is 16.0 Å². The number of aromatic nitrogens is 2. The molecule has 1 spiro atoms. The molecule has 2 amide bonds. The molecule has 1 unspecified atom stereocenters. The quantitative estimate of drug-likeness (QED) is 0.770. The number of morpholine rings is 1. The number of fused-ring (bicyclic) bond motifs is 2. The number of amides is 2. The Balaban J connectivity index is 1.49. The van der Waals surface area contributed by atoms with Crippen molar-refractivity contribution < 1.29 is 19.1 Å². The maximum Gasteiger partial charge on any atom is 0.253 e. The first kappa shape index (κ1) is 19.4. The second-order valence-corrected chi connectivity index (χ2v) is 8.42. The van der Waals surface area contributed by atoms with Crippen molar-refractivity contribution in [1.82, 2.24) is 19.4 Å². The maximum absolute atomic E-state index is 13.1. The van der Waals surface area contributed by atoms with Gasteiger partial charge < -0.3 is 23.8 Å². The molecule has 4 heterocycles. The predicted octanol–water partition coefficient (Wildman–Crippen LogP) is 1.00.